The minimum absolute atomic E-state index is 0.690. The highest BCUT2D eigenvalue weighted by atomic mass is 32.1. The highest BCUT2D eigenvalue weighted by Gasteiger charge is 2.12. The maximum Gasteiger partial charge on any atom is 0.189 e. The molecule has 0 saturated heterocycles. The van der Waals surface area contributed by atoms with Gasteiger partial charge < -0.3 is 10.1 Å². The van der Waals surface area contributed by atoms with Crippen molar-refractivity contribution in [1.82, 2.24) is 15.0 Å². The Morgan fingerprint density at radius 1 is 1.00 bits per heavy atom. The van der Waals surface area contributed by atoms with Crippen molar-refractivity contribution >= 4 is 33.3 Å². The zero-order valence-corrected chi connectivity index (χ0v) is 15.6. The van der Waals surface area contributed by atoms with Crippen LogP contribution in [0.5, 0.6) is 5.75 Å². The molecule has 0 fully saturated rings. The number of hydrogen-bond donors (Lipinski definition) is 1. The Kier molecular flexibility index (Phi) is 4.26. The molecule has 0 aliphatic carbocycles. The Labute approximate surface area is 155 Å². The van der Waals surface area contributed by atoms with E-state index in [0.717, 1.165) is 43.6 Å². The van der Waals surface area contributed by atoms with Gasteiger partial charge >= 0.3 is 0 Å². The second-order valence-electron chi connectivity index (χ2n) is 5.98. The number of nitrogens with zero attached hydrogens (tertiary/aromatic N) is 3. The summed E-state index contributed by atoms with van der Waals surface area (Å²) >= 11 is 1.60. The molecule has 2 heterocycles. The predicted molar refractivity (Wildman–Crippen MR) is 106 cm³/mol. The smallest absolute Gasteiger partial charge is 0.189 e. The second kappa shape index (κ2) is 6.72. The summed E-state index contributed by atoms with van der Waals surface area (Å²) in [5, 5.41) is 4.07. The van der Waals surface area contributed by atoms with Crippen LogP contribution >= 0.6 is 11.3 Å². The summed E-state index contributed by atoms with van der Waals surface area (Å²) in [7, 11) is 1.68. The number of benzene rings is 2. The highest BCUT2D eigenvalue weighted by molar-refractivity contribution is 7.16. The van der Waals surface area contributed by atoms with Crippen molar-refractivity contribution in [2.24, 2.45) is 0 Å². The van der Waals surface area contributed by atoms with Crippen molar-refractivity contribution in [1.29, 1.82) is 0 Å². The highest BCUT2D eigenvalue weighted by Crippen LogP contribution is 2.33. The van der Waals surface area contributed by atoms with E-state index < -0.39 is 0 Å². The summed E-state index contributed by atoms with van der Waals surface area (Å²) in [6.07, 6.45) is 1.73. The van der Waals surface area contributed by atoms with E-state index in [4.69, 9.17) is 9.72 Å². The topological polar surface area (TPSA) is 59.9 Å². The summed E-state index contributed by atoms with van der Waals surface area (Å²) in [5.74, 6) is 1.57. The van der Waals surface area contributed by atoms with Crippen molar-refractivity contribution in [3.63, 3.8) is 0 Å². The van der Waals surface area contributed by atoms with Crippen LogP contribution in [0.15, 0.2) is 48.7 Å². The first-order valence-electron chi connectivity index (χ1n) is 8.25. The van der Waals surface area contributed by atoms with Crippen molar-refractivity contribution in [3.8, 4) is 17.0 Å². The van der Waals surface area contributed by atoms with Crippen LogP contribution in [0.25, 0.3) is 22.3 Å². The van der Waals surface area contributed by atoms with E-state index in [1.54, 1.807) is 24.6 Å². The van der Waals surface area contributed by atoms with E-state index in [0.29, 0.717) is 5.82 Å². The van der Waals surface area contributed by atoms with Gasteiger partial charge in [0.1, 0.15) is 5.75 Å². The molecule has 4 aromatic rings. The minimum atomic E-state index is 0.690. The molecule has 0 bridgehead atoms. The summed E-state index contributed by atoms with van der Waals surface area (Å²) in [4.78, 5) is 14.9. The second-order valence-corrected chi connectivity index (χ2v) is 7.18. The standard InChI is InChI=1S/C20H18N4OS/c1-12-10-14(8-9-17(12)25-3)19-13(2)26-20(24-19)23-18-11-21-15-6-4-5-7-16(15)22-18/h4-11H,1-3H3,(H,22,23,24). The molecule has 4 rings (SSSR count). The maximum absolute atomic E-state index is 5.34. The van der Waals surface area contributed by atoms with Gasteiger partial charge in [-0.1, -0.05) is 12.1 Å². The Bertz CT molecular complexity index is 1090. The SMILES string of the molecule is COc1ccc(-c2nc(Nc3cnc4ccccc4n3)sc2C)cc1C. The largest absolute Gasteiger partial charge is 0.496 e. The number of rotatable bonds is 4. The number of fused-ring (bicyclic) bond motifs is 1. The van der Waals surface area contributed by atoms with E-state index in [9.17, 15) is 0 Å². The number of thiazole rings is 1. The third-order valence-electron chi connectivity index (χ3n) is 4.15. The predicted octanol–water partition coefficient (Wildman–Crippen LogP) is 5.12. The lowest BCUT2D eigenvalue weighted by molar-refractivity contribution is 0.412. The first-order valence-corrected chi connectivity index (χ1v) is 9.07. The third kappa shape index (κ3) is 3.11. The van der Waals surface area contributed by atoms with Crippen LogP contribution in [0.1, 0.15) is 10.4 Å². The molecular weight excluding hydrogens is 344 g/mol. The van der Waals surface area contributed by atoms with Crippen LogP contribution in [-0.4, -0.2) is 22.1 Å². The van der Waals surface area contributed by atoms with Gasteiger partial charge in [-0.15, -0.1) is 11.3 Å². The van der Waals surface area contributed by atoms with Gasteiger partial charge in [0.05, 0.1) is 30.0 Å². The van der Waals surface area contributed by atoms with E-state index >= 15 is 0 Å². The average Bonchev–Trinajstić information content (AvgIpc) is 3.01. The number of aromatic nitrogens is 3. The maximum atomic E-state index is 5.34. The third-order valence-corrected chi connectivity index (χ3v) is 5.03. The number of anilines is 2. The molecule has 1 N–H and O–H groups in total. The fourth-order valence-electron chi connectivity index (χ4n) is 2.87. The number of aryl methyl sites for hydroxylation is 2. The molecular formula is C20H18N4OS. The van der Waals surface area contributed by atoms with Gasteiger partial charge in [0, 0.05) is 10.4 Å². The average molecular weight is 362 g/mol. The normalized spacial score (nSPS) is 10.9. The van der Waals surface area contributed by atoms with E-state index in [1.165, 1.54) is 0 Å². The first kappa shape index (κ1) is 16.5. The van der Waals surface area contributed by atoms with Crippen LogP contribution in [0.2, 0.25) is 0 Å². The molecule has 0 aliphatic heterocycles. The number of nitrogens with one attached hydrogen (secondary N) is 1. The van der Waals surface area contributed by atoms with Gasteiger partial charge in [0.25, 0.3) is 0 Å². The molecule has 2 aromatic carbocycles. The zero-order chi connectivity index (χ0) is 18.1. The van der Waals surface area contributed by atoms with Gasteiger partial charge in [0.2, 0.25) is 0 Å². The fraction of sp³-hybridized carbons (Fsp3) is 0.150. The summed E-state index contributed by atoms with van der Waals surface area (Å²) in [6.45, 7) is 4.11. The summed E-state index contributed by atoms with van der Waals surface area (Å²) in [5.41, 5.74) is 4.87. The molecule has 0 radical (unpaired) electrons. The lowest BCUT2D eigenvalue weighted by atomic mass is 10.1. The van der Waals surface area contributed by atoms with E-state index in [1.807, 2.05) is 43.3 Å². The Morgan fingerprint density at radius 3 is 2.58 bits per heavy atom. The van der Waals surface area contributed by atoms with Gasteiger partial charge in [-0.3, -0.25) is 4.98 Å². The van der Waals surface area contributed by atoms with Gasteiger partial charge in [0.15, 0.2) is 10.9 Å². The monoisotopic (exact) mass is 362 g/mol. The lowest BCUT2D eigenvalue weighted by Gasteiger charge is -2.06. The molecule has 130 valence electrons. The first-order chi connectivity index (χ1) is 12.6. The van der Waals surface area contributed by atoms with Gasteiger partial charge in [-0.2, -0.15) is 0 Å². The number of hydrogen-bond acceptors (Lipinski definition) is 6. The Morgan fingerprint density at radius 2 is 1.81 bits per heavy atom. The zero-order valence-electron chi connectivity index (χ0n) is 14.8. The number of para-hydroxylation sites is 2. The number of ether oxygens (including phenoxy) is 1. The molecule has 0 saturated carbocycles. The van der Waals surface area contributed by atoms with Crippen LogP contribution in [0.3, 0.4) is 0 Å². The fourth-order valence-corrected chi connectivity index (χ4v) is 3.71. The van der Waals surface area contributed by atoms with Crippen molar-refractivity contribution < 1.29 is 4.74 Å². The number of methoxy groups -OCH3 is 1. The summed E-state index contributed by atoms with van der Waals surface area (Å²) in [6, 6.07) is 13.9. The summed E-state index contributed by atoms with van der Waals surface area (Å²) < 4.78 is 5.34. The molecule has 26 heavy (non-hydrogen) atoms. The van der Waals surface area contributed by atoms with Gasteiger partial charge in [-0.25, -0.2) is 9.97 Å². The van der Waals surface area contributed by atoms with Crippen LogP contribution in [-0.2, 0) is 0 Å². The lowest BCUT2D eigenvalue weighted by Crippen LogP contribution is -1.95. The van der Waals surface area contributed by atoms with Crippen molar-refractivity contribution in [3.05, 3.63) is 59.1 Å². The molecule has 2 aromatic heterocycles. The molecule has 0 spiro atoms. The minimum Gasteiger partial charge on any atom is -0.496 e. The molecule has 0 amide bonds. The van der Waals surface area contributed by atoms with Gasteiger partial charge in [-0.05, 0) is 49.7 Å². The van der Waals surface area contributed by atoms with Crippen LogP contribution in [0.4, 0.5) is 10.9 Å². The van der Waals surface area contributed by atoms with Crippen molar-refractivity contribution in [2.75, 3.05) is 12.4 Å². The van der Waals surface area contributed by atoms with Crippen LogP contribution < -0.4 is 10.1 Å². The quantitative estimate of drug-likeness (QED) is 0.546. The van der Waals surface area contributed by atoms with E-state index in [-0.39, 0.29) is 0 Å². The molecule has 5 nitrogen and oxygen atoms in total. The molecule has 0 unspecified atom stereocenters. The Hall–Kier alpha value is -2.99. The molecule has 0 aliphatic rings. The van der Waals surface area contributed by atoms with Crippen molar-refractivity contribution in [2.45, 2.75) is 13.8 Å². The molecule has 6 heteroatoms. The molecule has 0 atom stereocenters. The Balaban J connectivity index is 1.64. The van der Waals surface area contributed by atoms with E-state index in [2.05, 4.69) is 28.3 Å². The van der Waals surface area contributed by atoms with Crippen LogP contribution in [0, 0.1) is 13.8 Å².